The van der Waals surface area contributed by atoms with Gasteiger partial charge in [-0.05, 0) is 37.5 Å². The number of halogens is 1. The average Bonchev–Trinajstić information content (AvgIpc) is 2.45. The van der Waals surface area contributed by atoms with Gasteiger partial charge in [-0.1, -0.05) is 25.4 Å². The molecule has 2 amide bonds. The van der Waals surface area contributed by atoms with Crippen LogP contribution in [-0.4, -0.2) is 32.4 Å². The smallest absolute Gasteiger partial charge is 0.319 e. The van der Waals surface area contributed by atoms with Crippen LogP contribution in [0.2, 0.25) is 5.02 Å². The molecule has 0 saturated carbocycles. The number of hydrogen-bond acceptors (Lipinski definition) is 3. The molecule has 0 saturated heterocycles. The second-order valence-corrected chi connectivity index (χ2v) is 5.71. The Morgan fingerprint density at radius 3 is 2.82 bits per heavy atom. The van der Waals surface area contributed by atoms with Crippen molar-refractivity contribution in [3.63, 3.8) is 0 Å². The molecule has 1 rings (SSSR count). The summed E-state index contributed by atoms with van der Waals surface area (Å²) >= 11 is 5.94. The molecule has 0 spiro atoms. The van der Waals surface area contributed by atoms with E-state index in [4.69, 9.17) is 21.1 Å². The molecule has 0 aromatic heterocycles. The normalized spacial score (nSPS) is 10.6. The van der Waals surface area contributed by atoms with Gasteiger partial charge < -0.3 is 20.1 Å². The lowest BCUT2D eigenvalue weighted by atomic mass is 10.2. The van der Waals surface area contributed by atoms with E-state index in [9.17, 15) is 4.79 Å². The highest BCUT2D eigenvalue weighted by Gasteiger charge is 2.08. The van der Waals surface area contributed by atoms with E-state index in [1.807, 2.05) is 6.92 Å². The van der Waals surface area contributed by atoms with E-state index in [1.165, 1.54) is 0 Å². The second kappa shape index (κ2) is 10.3. The third-order valence-electron chi connectivity index (χ3n) is 2.69. The highest BCUT2D eigenvalue weighted by Crippen LogP contribution is 2.27. The fraction of sp³-hybridized carbons (Fsp3) is 0.562. The van der Waals surface area contributed by atoms with Crippen LogP contribution in [0.5, 0.6) is 5.75 Å². The van der Waals surface area contributed by atoms with Gasteiger partial charge in [-0.3, -0.25) is 0 Å². The SMILES string of the molecule is CCOc1ccc(Cl)cc1NC(=O)NCCCOCC(C)C. The van der Waals surface area contributed by atoms with Crippen LogP contribution in [0.4, 0.5) is 10.5 Å². The summed E-state index contributed by atoms with van der Waals surface area (Å²) in [6.45, 7) is 8.54. The quantitative estimate of drug-likeness (QED) is 0.675. The first-order chi connectivity index (χ1) is 10.5. The summed E-state index contributed by atoms with van der Waals surface area (Å²) in [5, 5.41) is 6.07. The first-order valence-corrected chi connectivity index (χ1v) is 7.95. The van der Waals surface area contributed by atoms with Crippen LogP contribution in [0.15, 0.2) is 18.2 Å². The summed E-state index contributed by atoms with van der Waals surface area (Å²) in [4.78, 5) is 11.9. The van der Waals surface area contributed by atoms with Gasteiger partial charge in [0, 0.05) is 24.8 Å². The predicted molar refractivity (Wildman–Crippen MR) is 89.9 cm³/mol. The van der Waals surface area contributed by atoms with Crippen molar-refractivity contribution < 1.29 is 14.3 Å². The molecule has 0 radical (unpaired) electrons. The Morgan fingerprint density at radius 1 is 1.36 bits per heavy atom. The minimum absolute atomic E-state index is 0.285. The molecule has 0 atom stereocenters. The number of rotatable bonds is 9. The van der Waals surface area contributed by atoms with Crippen molar-refractivity contribution >= 4 is 23.3 Å². The highest BCUT2D eigenvalue weighted by molar-refractivity contribution is 6.31. The molecule has 0 heterocycles. The molecule has 0 aliphatic rings. The Morgan fingerprint density at radius 2 is 2.14 bits per heavy atom. The number of ether oxygens (including phenoxy) is 2. The van der Waals surface area contributed by atoms with Crippen molar-refractivity contribution in [3.8, 4) is 5.75 Å². The van der Waals surface area contributed by atoms with Gasteiger partial charge in [0.2, 0.25) is 0 Å². The predicted octanol–water partition coefficient (Wildman–Crippen LogP) is 3.92. The molecule has 0 aliphatic carbocycles. The standard InChI is InChI=1S/C16H25ClN2O3/c1-4-22-15-7-6-13(17)10-14(15)19-16(20)18-8-5-9-21-11-12(2)3/h6-7,10,12H,4-5,8-9,11H2,1-3H3,(H2,18,19,20). The fourth-order valence-electron chi connectivity index (χ4n) is 1.74. The van der Waals surface area contributed by atoms with Gasteiger partial charge in [0.15, 0.2) is 0 Å². The molecule has 5 nitrogen and oxygen atoms in total. The molecular formula is C16H25ClN2O3. The number of nitrogens with one attached hydrogen (secondary N) is 2. The van der Waals surface area contributed by atoms with Crippen molar-refractivity contribution in [2.24, 2.45) is 5.92 Å². The van der Waals surface area contributed by atoms with E-state index in [-0.39, 0.29) is 6.03 Å². The molecule has 124 valence electrons. The minimum atomic E-state index is -0.285. The van der Waals surface area contributed by atoms with E-state index in [1.54, 1.807) is 18.2 Å². The number of benzene rings is 1. The maximum atomic E-state index is 11.9. The Labute approximate surface area is 137 Å². The number of carbonyl (C=O) groups is 1. The van der Waals surface area contributed by atoms with Crippen molar-refractivity contribution in [2.75, 3.05) is 31.7 Å². The molecule has 0 aliphatic heterocycles. The van der Waals surface area contributed by atoms with E-state index >= 15 is 0 Å². The lowest BCUT2D eigenvalue weighted by Crippen LogP contribution is -2.30. The zero-order chi connectivity index (χ0) is 16.4. The molecular weight excluding hydrogens is 304 g/mol. The van der Waals surface area contributed by atoms with Crippen LogP contribution in [0.1, 0.15) is 27.2 Å². The van der Waals surface area contributed by atoms with Gasteiger partial charge in [-0.25, -0.2) is 4.79 Å². The van der Waals surface area contributed by atoms with Crippen LogP contribution >= 0.6 is 11.6 Å². The van der Waals surface area contributed by atoms with Crippen LogP contribution in [0.25, 0.3) is 0 Å². The molecule has 0 fully saturated rings. The first-order valence-electron chi connectivity index (χ1n) is 7.57. The van der Waals surface area contributed by atoms with Gasteiger partial charge in [-0.15, -0.1) is 0 Å². The molecule has 22 heavy (non-hydrogen) atoms. The molecule has 2 N–H and O–H groups in total. The van der Waals surface area contributed by atoms with Crippen molar-refractivity contribution in [1.82, 2.24) is 5.32 Å². The van der Waals surface area contributed by atoms with Gasteiger partial charge in [-0.2, -0.15) is 0 Å². The first kappa shape index (κ1) is 18.6. The topological polar surface area (TPSA) is 59.6 Å². The Balaban J connectivity index is 2.34. The maximum Gasteiger partial charge on any atom is 0.319 e. The largest absolute Gasteiger partial charge is 0.492 e. The van der Waals surface area contributed by atoms with Gasteiger partial charge >= 0.3 is 6.03 Å². The monoisotopic (exact) mass is 328 g/mol. The van der Waals surface area contributed by atoms with Gasteiger partial charge in [0.1, 0.15) is 5.75 Å². The summed E-state index contributed by atoms with van der Waals surface area (Å²) in [6.07, 6.45) is 0.772. The van der Waals surface area contributed by atoms with E-state index in [0.717, 1.165) is 13.0 Å². The number of anilines is 1. The third kappa shape index (κ3) is 7.52. The summed E-state index contributed by atoms with van der Waals surface area (Å²) < 4.78 is 10.9. The van der Waals surface area contributed by atoms with E-state index < -0.39 is 0 Å². The third-order valence-corrected chi connectivity index (χ3v) is 2.93. The molecule has 0 unspecified atom stereocenters. The summed E-state index contributed by atoms with van der Waals surface area (Å²) in [7, 11) is 0. The number of hydrogen-bond donors (Lipinski definition) is 2. The fourth-order valence-corrected chi connectivity index (χ4v) is 1.92. The van der Waals surface area contributed by atoms with E-state index in [0.29, 0.717) is 42.1 Å². The lowest BCUT2D eigenvalue weighted by molar-refractivity contribution is 0.108. The van der Waals surface area contributed by atoms with Crippen LogP contribution in [0, 0.1) is 5.92 Å². The Kier molecular flexibility index (Phi) is 8.70. The number of urea groups is 1. The Hall–Kier alpha value is -1.46. The van der Waals surface area contributed by atoms with Crippen LogP contribution in [-0.2, 0) is 4.74 Å². The van der Waals surface area contributed by atoms with Crippen LogP contribution in [0.3, 0.4) is 0 Å². The summed E-state index contributed by atoms with van der Waals surface area (Å²) in [6, 6.07) is 4.84. The number of amides is 2. The van der Waals surface area contributed by atoms with Crippen molar-refractivity contribution in [3.05, 3.63) is 23.2 Å². The Bertz CT molecular complexity index is 467. The zero-order valence-electron chi connectivity index (χ0n) is 13.4. The van der Waals surface area contributed by atoms with Gasteiger partial charge in [0.05, 0.1) is 12.3 Å². The molecule has 1 aromatic carbocycles. The van der Waals surface area contributed by atoms with E-state index in [2.05, 4.69) is 24.5 Å². The van der Waals surface area contributed by atoms with Crippen molar-refractivity contribution in [1.29, 1.82) is 0 Å². The summed E-state index contributed by atoms with van der Waals surface area (Å²) in [5.74, 6) is 1.12. The average molecular weight is 329 g/mol. The van der Waals surface area contributed by atoms with Crippen LogP contribution < -0.4 is 15.4 Å². The van der Waals surface area contributed by atoms with Gasteiger partial charge in [0.25, 0.3) is 0 Å². The highest BCUT2D eigenvalue weighted by atomic mass is 35.5. The summed E-state index contributed by atoms with van der Waals surface area (Å²) in [5.41, 5.74) is 0.558. The number of carbonyl (C=O) groups excluding carboxylic acids is 1. The van der Waals surface area contributed by atoms with Crippen molar-refractivity contribution in [2.45, 2.75) is 27.2 Å². The molecule has 0 bridgehead atoms. The minimum Gasteiger partial charge on any atom is -0.492 e. The molecule has 1 aromatic rings. The lowest BCUT2D eigenvalue weighted by Gasteiger charge is -2.13. The zero-order valence-corrected chi connectivity index (χ0v) is 14.2. The maximum absolute atomic E-state index is 11.9. The molecule has 6 heteroatoms. The second-order valence-electron chi connectivity index (χ2n) is 5.28.